The van der Waals surface area contributed by atoms with Gasteiger partial charge in [-0.25, -0.2) is 4.79 Å². The van der Waals surface area contributed by atoms with Gasteiger partial charge in [0.15, 0.2) is 0 Å². The number of H-pyrrole nitrogens is 1. The van der Waals surface area contributed by atoms with Gasteiger partial charge in [-0.1, -0.05) is 30.3 Å². The van der Waals surface area contributed by atoms with Crippen LogP contribution in [0.4, 0.5) is 4.79 Å². The minimum Gasteiger partial charge on any atom is -0.491 e. The molecule has 5 heteroatoms. The highest BCUT2D eigenvalue weighted by atomic mass is 16.5. The molecule has 0 saturated carbocycles. The normalized spacial score (nSPS) is 10.8. The second-order valence-electron chi connectivity index (χ2n) is 6.79. The summed E-state index contributed by atoms with van der Waals surface area (Å²) in [5, 5.41) is 6.94. The SMILES string of the molecule is Cc1ccc(C)c(OCCNC(=O)NCCc2c[nH]c3ccccc23)c1C. The van der Waals surface area contributed by atoms with Crippen LogP contribution in [-0.4, -0.2) is 30.7 Å². The van der Waals surface area contributed by atoms with Crippen molar-refractivity contribution in [3.05, 3.63) is 64.8 Å². The molecule has 3 rings (SSSR count). The zero-order valence-corrected chi connectivity index (χ0v) is 16.2. The molecule has 142 valence electrons. The molecule has 0 saturated heterocycles. The molecule has 0 aliphatic heterocycles. The van der Waals surface area contributed by atoms with E-state index in [2.05, 4.69) is 53.7 Å². The molecule has 2 amide bonds. The summed E-state index contributed by atoms with van der Waals surface area (Å²) in [6.07, 6.45) is 2.79. The van der Waals surface area contributed by atoms with E-state index in [1.165, 1.54) is 16.5 Å². The van der Waals surface area contributed by atoms with Gasteiger partial charge in [0, 0.05) is 23.6 Å². The van der Waals surface area contributed by atoms with E-state index in [1.54, 1.807) is 0 Å². The minimum absolute atomic E-state index is 0.170. The van der Waals surface area contributed by atoms with Crippen molar-refractivity contribution in [2.75, 3.05) is 19.7 Å². The Morgan fingerprint density at radius 1 is 1.00 bits per heavy atom. The van der Waals surface area contributed by atoms with Crippen LogP contribution in [0.3, 0.4) is 0 Å². The van der Waals surface area contributed by atoms with Crippen LogP contribution in [0, 0.1) is 20.8 Å². The maximum Gasteiger partial charge on any atom is 0.314 e. The Kier molecular flexibility index (Phi) is 6.01. The third kappa shape index (κ3) is 4.61. The predicted molar refractivity (Wildman–Crippen MR) is 110 cm³/mol. The molecule has 0 aliphatic rings. The van der Waals surface area contributed by atoms with E-state index < -0.39 is 0 Å². The number of aromatic amines is 1. The number of urea groups is 1. The fourth-order valence-electron chi connectivity index (χ4n) is 3.18. The first kappa shape index (κ1) is 18.8. The van der Waals surface area contributed by atoms with Crippen LogP contribution >= 0.6 is 0 Å². The maximum atomic E-state index is 11.9. The summed E-state index contributed by atoms with van der Waals surface area (Å²) in [5.41, 5.74) is 5.80. The highest BCUT2D eigenvalue weighted by Crippen LogP contribution is 2.25. The number of nitrogens with one attached hydrogen (secondary N) is 3. The van der Waals surface area contributed by atoms with Crippen LogP contribution < -0.4 is 15.4 Å². The van der Waals surface area contributed by atoms with Gasteiger partial charge in [0.05, 0.1) is 6.54 Å². The molecule has 5 nitrogen and oxygen atoms in total. The molecule has 0 radical (unpaired) electrons. The van der Waals surface area contributed by atoms with Gasteiger partial charge in [0.25, 0.3) is 0 Å². The fourth-order valence-corrected chi connectivity index (χ4v) is 3.18. The molecule has 1 heterocycles. The van der Waals surface area contributed by atoms with E-state index in [-0.39, 0.29) is 6.03 Å². The number of hydrogen-bond acceptors (Lipinski definition) is 2. The molecule has 0 bridgehead atoms. The average molecular weight is 365 g/mol. The maximum absolute atomic E-state index is 11.9. The Bertz CT molecular complexity index is 930. The highest BCUT2D eigenvalue weighted by Gasteiger charge is 2.07. The number of carbonyl (C=O) groups excluding carboxylic acids is 1. The monoisotopic (exact) mass is 365 g/mol. The van der Waals surface area contributed by atoms with Crippen molar-refractivity contribution in [1.29, 1.82) is 0 Å². The Hall–Kier alpha value is -2.95. The lowest BCUT2D eigenvalue weighted by Gasteiger charge is -2.14. The van der Waals surface area contributed by atoms with Crippen molar-refractivity contribution in [2.24, 2.45) is 0 Å². The van der Waals surface area contributed by atoms with Crippen molar-refractivity contribution >= 4 is 16.9 Å². The number of amides is 2. The number of rotatable bonds is 7. The number of benzene rings is 2. The minimum atomic E-state index is -0.170. The number of ether oxygens (including phenoxy) is 1. The van der Waals surface area contributed by atoms with Crippen molar-refractivity contribution in [3.63, 3.8) is 0 Å². The molecule has 3 N–H and O–H groups in total. The molecule has 0 aliphatic carbocycles. The molecule has 3 aromatic rings. The summed E-state index contributed by atoms with van der Waals surface area (Å²) < 4.78 is 5.86. The third-order valence-corrected chi connectivity index (χ3v) is 4.86. The van der Waals surface area contributed by atoms with Crippen LogP contribution in [0.15, 0.2) is 42.6 Å². The molecule has 27 heavy (non-hydrogen) atoms. The summed E-state index contributed by atoms with van der Waals surface area (Å²) in [6.45, 7) is 7.66. The number of aromatic nitrogens is 1. The van der Waals surface area contributed by atoms with E-state index in [9.17, 15) is 4.79 Å². The number of aryl methyl sites for hydroxylation is 2. The van der Waals surface area contributed by atoms with Crippen LogP contribution in [0.2, 0.25) is 0 Å². The highest BCUT2D eigenvalue weighted by molar-refractivity contribution is 5.83. The zero-order valence-electron chi connectivity index (χ0n) is 16.2. The van der Waals surface area contributed by atoms with Crippen LogP contribution in [-0.2, 0) is 6.42 Å². The lowest BCUT2D eigenvalue weighted by molar-refractivity contribution is 0.236. The lowest BCUT2D eigenvalue weighted by atomic mass is 10.1. The van der Waals surface area contributed by atoms with Crippen LogP contribution in [0.1, 0.15) is 22.3 Å². The van der Waals surface area contributed by atoms with E-state index >= 15 is 0 Å². The van der Waals surface area contributed by atoms with E-state index in [1.807, 2.05) is 25.3 Å². The largest absolute Gasteiger partial charge is 0.491 e. The summed E-state index contributed by atoms with van der Waals surface area (Å²) in [6, 6.07) is 12.2. The fraction of sp³-hybridized carbons (Fsp3) is 0.318. The Balaban J connectivity index is 1.38. The van der Waals surface area contributed by atoms with Crippen molar-refractivity contribution in [1.82, 2.24) is 15.6 Å². The zero-order chi connectivity index (χ0) is 19.2. The Morgan fingerprint density at radius 3 is 2.59 bits per heavy atom. The van der Waals surface area contributed by atoms with E-state index in [0.29, 0.717) is 19.7 Å². The second-order valence-corrected chi connectivity index (χ2v) is 6.79. The van der Waals surface area contributed by atoms with Gasteiger partial charge in [-0.05, 0) is 55.5 Å². The lowest BCUT2D eigenvalue weighted by Crippen LogP contribution is -2.38. The summed E-state index contributed by atoms with van der Waals surface area (Å²) in [4.78, 5) is 15.2. The van der Waals surface area contributed by atoms with E-state index in [0.717, 1.165) is 28.8 Å². The first-order valence-corrected chi connectivity index (χ1v) is 9.32. The quantitative estimate of drug-likeness (QED) is 0.554. The number of hydrogen-bond donors (Lipinski definition) is 3. The molecule has 0 fully saturated rings. The Morgan fingerprint density at radius 2 is 1.74 bits per heavy atom. The first-order valence-electron chi connectivity index (χ1n) is 9.32. The van der Waals surface area contributed by atoms with E-state index in [4.69, 9.17) is 4.74 Å². The second kappa shape index (κ2) is 8.62. The van der Waals surface area contributed by atoms with Gasteiger partial charge in [0.2, 0.25) is 0 Å². The van der Waals surface area contributed by atoms with Gasteiger partial charge >= 0.3 is 6.03 Å². The van der Waals surface area contributed by atoms with Gasteiger partial charge in [0.1, 0.15) is 12.4 Å². The number of carbonyl (C=O) groups is 1. The number of fused-ring (bicyclic) bond motifs is 1. The molecule has 1 aromatic heterocycles. The summed E-state index contributed by atoms with van der Waals surface area (Å²) >= 11 is 0. The molecule has 0 spiro atoms. The molecular formula is C22H27N3O2. The average Bonchev–Trinajstić information content (AvgIpc) is 3.07. The first-order chi connectivity index (χ1) is 13.1. The predicted octanol–water partition coefficient (Wildman–Crippen LogP) is 4.01. The summed E-state index contributed by atoms with van der Waals surface area (Å²) in [7, 11) is 0. The molecular weight excluding hydrogens is 338 g/mol. The van der Waals surface area contributed by atoms with Crippen molar-refractivity contribution < 1.29 is 9.53 Å². The third-order valence-electron chi connectivity index (χ3n) is 4.86. The van der Waals surface area contributed by atoms with Crippen LogP contribution in [0.5, 0.6) is 5.75 Å². The smallest absolute Gasteiger partial charge is 0.314 e. The van der Waals surface area contributed by atoms with Crippen molar-refractivity contribution in [2.45, 2.75) is 27.2 Å². The van der Waals surface area contributed by atoms with Gasteiger partial charge in [-0.3, -0.25) is 0 Å². The summed E-state index contributed by atoms with van der Waals surface area (Å²) in [5.74, 6) is 0.913. The molecule has 0 unspecified atom stereocenters. The van der Waals surface area contributed by atoms with Crippen molar-refractivity contribution in [3.8, 4) is 5.75 Å². The van der Waals surface area contributed by atoms with Gasteiger partial charge in [-0.15, -0.1) is 0 Å². The van der Waals surface area contributed by atoms with Crippen LogP contribution in [0.25, 0.3) is 10.9 Å². The standard InChI is InChI=1S/C22H27N3O2/c1-15-8-9-16(2)21(17(15)3)27-13-12-24-22(26)23-11-10-18-14-25-20-7-5-4-6-19(18)20/h4-9,14,25H,10-13H2,1-3H3,(H2,23,24,26). The Labute approximate surface area is 160 Å². The van der Waals surface area contributed by atoms with Gasteiger partial charge in [-0.2, -0.15) is 0 Å². The molecule has 0 atom stereocenters. The van der Waals surface area contributed by atoms with Gasteiger partial charge < -0.3 is 20.4 Å². The number of para-hydroxylation sites is 1. The topological polar surface area (TPSA) is 66.2 Å². The molecule has 2 aromatic carbocycles.